The van der Waals surface area contributed by atoms with Crippen molar-refractivity contribution >= 4 is 22.7 Å². The van der Waals surface area contributed by atoms with Crippen LogP contribution in [0.25, 0.3) is 11.0 Å². The molecule has 2 aromatic carbocycles. The van der Waals surface area contributed by atoms with Crippen LogP contribution < -0.4 is 5.73 Å². The first-order valence-electron chi connectivity index (χ1n) is 9.52. The molecule has 1 atom stereocenters. The second-order valence-corrected chi connectivity index (χ2v) is 8.36. The van der Waals surface area contributed by atoms with Gasteiger partial charge in [0.2, 0.25) is 0 Å². The second kappa shape index (κ2) is 8.11. The van der Waals surface area contributed by atoms with Crippen molar-refractivity contribution in [3.63, 3.8) is 0 Å². The molecule has 1 heterocycles. The average Bonchev–Trinajstić information content (AvgIpc) is 3.02. The van der Waals surface area contributed by atoms with Crippen LogP contribution in [0.5, 0.6) is 0 Å². The Hall–Kier alpha value is -3.09. The first-order valence-corrected chi connectivity index (χ1v) is 9.52. The zero-order chi connectivity index (χ0) is 21.2. The van der Waals surface area contributed by atoms with E-state index >= 15 is 0 Å². The lowest BCUT2D eigenvalue weighted by molar-refractivity contribution is 0.136. The van der Waals surface area contributed by atoms with Gasteiger partial charge in [-0.05, 0) is 41.7 Å². The number of nitrogens with two attached hydrogens (primary N) is 1. The SMILES string of the molecule is CC(C)(C)C(CCN(Cc1cccc(N)c1)C(=O)O)c1noc2cc(F)ccc12. The Kier molecular flexibility index (Phi) is 5.77. The van der Waals surface area contributed by atoms with Gasteiger partial charge in [-0.2, -0.15) is 0 Å². The normalized spacial score (nSPS) is 12.8. The molecule has 0 saturated carbocycles. The third kappa shape index (κ3) is 4.85. The highest BCUT2D eigenvalue weighted by atomic mass is 19.1. The van der Waals surface area contributed by atoms with Crippen LogP contribution in [0.15, 0.2) is 47.0 Å². The van der Waals surface area contributed by atoms with Crippen molar-refractivity contribution in [2.75, 3.05) is 12.3 Å². The number of carboxylic acid groups (broad SMARTS) is 1. The number of benzene rings is 2. The highest BCUT2D eigenvalue weighted by Crippen LogP contribution is 2.40. The molecule has 7 heteroatoms. The zero-order valence-corrected chi connectivity index (χ0v) is 16.9. The standard InChI is InChI=1S/C22H26FN3O3/c1-22(2,3)18(20-17-8-7-15(23)12-19(17)29-25-20)9-10-26(21(27)28)13-14-5-4-6-16(24)11-14/h4-8,11-12,18H,9-10,13,24H2,1-3H3,(H,27,28). The Morgan fingerprint density at radius 1 is 1.28 bits per heavy atom. The minimum Gasteiger partial charge on any atom is -0.465 e. The lowest BCUT2D eigenvalue weighted by Gasteiger charge is -2.31. The first kappa shape index (κ1) is 20.6. The molecule has 0 saturated heterocycles. The lowest BCUT2D eigenvalue weighted by atomic mass is 9.76. The molecule has 154 valence electrons. The molecule has 0 fully saturated rings. The van der Waals surface area contributed by atoms with Gasteiger partial charge >= 0.3 is 6.09 Å². The first-order chi connectivity index (χ1) is 13.6. The van der Waals surface area contributed by atoms with E-state index in [1.807, 2.05) is 12.1 Å². The van der Waals surface area contributed by atoms with Crippen LogP contribution >= 0.6 is 0 Å². The number of nitrogen functional groups attached to an aromatic ring is 1. The fraction of sp³-hybridized carbons (Fsp3) is 0.364. The molecule has 0 radical (unpaired) electrons. The van der Waals surface area contributed by atoms with Gasteiger partial charge in [0.05, 0.1) is 5.69 Å². The van der Waals surface area contributed by atoms with Gasteiger partial charge in [-0.15, -0.1) is 0 Å². The number of aromatic nitrogens is 1. The number of hydrogen-bond acceptors (Lipinski definition) is 4. The molecule has 0 aliphatic rings. The topological polar surface area (TPSA) is 92.6 Å². The van der Waals surface area contributed by atoms with E-state index in [1.54, 1.807) is 18.2 Å². The largest absolute Gasteiger partial charge is 0.465 e. The fourth-order valence-electron chi connectivity index (χ4n) is 3.60. The monoisotopic (exact) mass is 399 g/mol. The van der Waals surface area contributed by atoms with Gasteiger partial charge in [-0.25, -0.2) is 9.18 Å². The van der Waals surface area contributed by atoms with Gasteiger partial charge in [0.1, 0.15) is 5.82 Å². The van der Waals surface area contributed by atoms with Crippen molar-refractivity contribution < 1.29 is 18.8 Å². The lowest BCUT2D eigenvalue weighted by Crippen LogP contribution is -2.32. The Balaban J connectivity index is 1.83. The summed E-state index contributed by atoms with van der Waals surface area (Å²) in [6.07, 6.45) is -0.441. The molecule has 29 heavy (non-hydrogen) atoms. The van der Waals surface area contributed by atoms with E-state index in [9.17, 15) is 14.3 Å². The molecule has 0 aliphatic carbocycles. The zero-order valence-electron chi connectivity index (χ0n) is 16.9. The van der Waals surface area contributed by atoms with E-state index in [0.717, 1.165) is 16.6 Å². The van der Waals surface area contributed by atoms with Crippen molar-refractivity contribution in [2.24, 2.45) is 5.41 Å². The fourth-order valence-corrected chi connectivity index (χ4v) is 3.60. The van der Waals surface area contributed by atoms with E-state index in [-0.39, 0.29) is 23.7 Å². The molecule has 0 aliphatic heterocycles. The molecule has 6 nitrogen and oxygen atoms in total. The van der Waals surface area contributed by atoms with Gasteiger partial charge in [-0.1, -0.05) is 38.1 Å². The van der Waals surface area contributed by atoms with Crippen molar-refractivity contribution in [2.45, 2.75) is 39.7 Å². The molecule has 3 N–H and O–H groups in total. The van der Waals surface area contributed by atoms with E-state index < -0.39 is 6.09 Å². The van der Waals surface area contributed by atoms with E-state index in [2.05, 4.69) is 25.9 Å². The highest BCUT2D eigenvalue weighted by molar-refractivity contribution is 5.80. The molecule has 1 amide bonds. The van der Waals surface area contributed by atoms with Crippen molar-refractivity contribution in [1.82, 2.24) is 10.1 Å². The summed E-state index contributed by atoms with van der Waals surface area (Å²) in [5, 5.41) is 14.6. The molecular formula is C22H26FN3O3. The Morgan fingerprint density at radius 3 is 2.69 bits per heavy atom. The number of amides is 1. The summed E-state index contributed by atoms with van der Waals surface area (Å²) in [6, 6.07) is 11.6. The van der Waals surface area contributed by atoms with Crippen LogP contribution in [0.1, 0.15) is 44.4 Å². The van der Waals surface area contributed by atoms with Gasteiger partial charge in [0, 0.05) is 36.1 Å². The third-order valence-corrected chi connectivity index (χ3v) is 5.12. The number of halogens is 1. The molecule has 1 unspecified atom stereocenters. The van der Waals surface area contributed by atoms with Crippen LogP contribution in [0.3, 0.4) is 0 Å². The summed E-state index contributed by atoms with van der Waals surface area (Å²) in [4.78, 5) is 13.2. The second-order valence-electron chi connectivity index (χ2n) is 8.36. The third-order valence-electron chi connectivity index (χ3n) is 5.12. The summed E-state index contributed by atoms with van der Waals surface area (Å²) in [5.74, 6) is -0.455. The molecule has 0 bridgehead atoms. The van der Waals surface area contributed by atoms with Crippen molar-refractivity contribution in [3.8, 4) is 0 Å². The molecular weight excluding hydrogens is 373 g/mol. The number of nitrogens with zero attached hydrogens (tertiary/aromatic N) is 2. The maximum atomic E-state index is 13.5. The van der Waals surface area contributed by atoms with E-state index in [4.69, 9.17) is 10.3 Å². The van der Waals surface area contributed by atoms with E-state index in [0.29, 0.717) is 24.2 Å². The summed E-state index contributed by atoms with van der Waals surface area (Å²) in [5.41, 5.74) is 8.16. The van der Waals surface area contributed by atoms with Crippen LogP contribution in [0.2, 0.25) is 0 Å². The molecule has 3 rings (SSSR count). The minimum atomic E-state index is -0.993. The van der Waals surface area contributed by atoms with Crippen LogP contribution in [0.4, 0.5) is 14.9 Å². The minimum absolute atomic E-state index is 0.0723. The number of carbonyl (C=O) groups is 1. The van der Waals surface area contributed by atoms with Crippen molar-refractivity contribution in [3.05, 3.63) is 59.5 Å². The van der Waals surface area contributed by atoms with Crippen molar-refractivity contribution in [1.29, 1.82) is 0 Å². The Labute approximate surface area is 169 Å². The quantitative estimate of drug-likeness (QED) is 0.552. The highest BCUT2D eigenvalue weighted by Gasteiger charge is 2.31. The Morgan fingerprint density at radius 2 is 2.03 bits per heavy atom. The predicted molar refractivity (Wildman–Crippen MR) is 110 cm³/mol. The Bertz CT molecular complexity index is 1010. The average molecular weight is 399 g/mol. The smallest absolute Gasteiger partial charge is 0.407 e. The molecule has 0 spiro atoms. The summed E-state index contributed by atoms with van der Waals surface area (Å²) >= 11 is 0. The number of rotatable bonds is 6. The number of hydrogen-bond donors (Lipinski definition) is 2. The van der Waals surface area contributed by atoms with E-state index in [1.165, 1.54) is 17.0 Å². The maximum Gasteiger partial charge on any atom is 0.407 e. The van der Waals surface area contributed by atoms with Gasteiger partial charge in [0.15, 0.2) is 5.58 Å². The molecule has 3 aromatic rings. The van der Waals surface area contributed by atoms with Gasteiger partial charge in [0.25, 0.3) is 0 Å². The van der Waals surface area contributed by atoms with Gasteiger partial charge < -0.3 is 20.3 Å². The van der Waals surface area contributed by atoms with Crippen LogP contribution in [-0.2, 0) is 6.54 Å². The summed E-state index contributed by atoms with van der Waals surface area (Å²) in [6.45, 7) is 6.80. The number of anilines is 1. The predicted octanol–water partition coefficient (Wildman–Crippen LogP) is 5.25. The van der Waals surface area contributed by atoms with Gasteiger partial charge in [-0.3, -0.25) is 0 Å². The summed E-state index contributed by atoms with van der Waals surface area (Å²) < 4.78 is 18.8. The summed E-state index contributed by atoms with van der Waals surface area (Å²) in [7, 11) is 0. The maximum absolute atomic E-state index is 13.5. The van der Waals surface area contributed by atoms with Crippen LogP contribution in [-0.4, -0.2) is 27.8 Å². The molecule has 1 aromatic heterocycles. The van der Waals surface area contributed by atoms with Crippen LogP contribution in [0, 0.1) is 11.2 Å². The number of fused-ring (bicyclic) bond motifs is 1.